The van der Waals surface area contributed by atoms with Crippen molar-refractivity contribution in [1.82, 2.24) is 4.90 Å². The zero-order valence-electron chi connectivity index (χ0n) is 13.1. The monoisotopic (exact) mass is 291 g/mol. The van der Waals surface area contributed by atoms with Gasteiger partial charge in [0.15, 0.2) is 0 Å². The van der Waals surface area contributed by atoms with Gasteiger partial charge in [0.25, 0.3) is 0 Å². The highest BCUT2D eigenvalue weighted by Crippen LogP contribution is 2.36. The lowest BCUT2D eigenvalue weighted by Crippen LogP contribution is -2.54. The van der Waals surface area contributed by atoms with E-state index >= 15 is 0 Å². The summed E-state index contributed by atoms with van der Waals surface area (Å²) in [7, 11) is 1.68. The fraction of sp³-hybridized carbons (Fsp3) is 0.647. The Kier molecular flexibility index (Phi) is 3.95. The van der Waals surface area contributed by atoms with Gasteiger partial charge < -0.3 is 14.6 Å². The van der Waals surface area contributed by atoms with Crippen molar-refractivity contribution < 1.29 is 14.6 Å². The predicted molar refractivity (Wildman–Crippen MR) is 81.7 cm³/mol. The molecule has 2 aliphatic rings. The molecule has 0 radical (unpaired) electrons. The summed E-state index contributed by atoms with van der Waals surface area (Å²) in [6.45, 7) is 6.75. The van der Waals surface area contributed by atoms with Crippen molar-refractivity contribution in [3.63, 3.8) is 0 Å². The summed E-state index contributed by atoms with van der Waals surface area (Å²) in [4.78, 5) is 2.39. The molecule has 1 heterocycles. The second-order valence-electron chi connectivity index (χ2n) is 6.69. The molecule has 1 N–H and O–H groups in total. The zero-order valence-corrected chi connectivity index (χ0v) is 13.1. The van der Waals surface area contributed by atoms with E-state index in [1.54, 1.807) is 7.11 Å². The van der Waals surface area contributed by atoms with Crippen molar-refractivity contribution in [3.8, 4) is 5.75 Å². The molecule has 1 aromatic carbocycles. The predicted octanol–water partition coefficient (Wildman–Crippen LogP) is 2.15. The Morgan fingerprint density at radius 1 is 1.38 bits per heavy atom. The molecule has 3 rings (SSSR count). The number of aryl methyl sites for hydroxylation is 1. The molecule has 0 spiro atoms. The molecule has 2 unspecified atom stereocenters. The first-order valence-corrected chi connectivity index (χ1v) is 7.73. The minimum atomic E-state index is -0.423. The largest absolute Gasteiger partial charge is 0.497 e. The summed E-state index contributed by atoms with van der Waals surface area (Å²) in [6, 6.07) is 6.19. The lowest BCUT2D eigenvalue weighted by atomic mass is 9.84. The van der Waals surface area contributed by atoms with E-state index in [0.717, 1.165) is 43.9 Å². The Hall–Kier alpha value is -1.10. The Morgan fingerprint density at radius 3 is 2.90 bits per heavy atom. The molecule has 4 heteroatoms. The summed E-state index contributed by atoms with van der Waals surface area (Å²) >= 11 is 0. The van der Waals surface area contributed by atoms with Crippen LogP contribution in [0, 0.1) is 0 Å². The maximum Gasteiger partial charge on any atom is 0.119 e. The Morgan fingerprint density at radius 2 is 2.19 bits per heavy atom. The maximum atomic E-state index is 10.8. The van der Waals surface area contributed by atoms with Crippen LogP contribution in [0.2, 0.25) is 0 Å². The Bertz CT molecular complexity index is 515. The number of methoxy groups -OCH3 is 1. The van der Waals surface area contributed by atoms with Gasteiger partial charge in [0.2, 0.25) is 0 Å². The van der Waals surface area contributed by atoms with Gasteiger partial charge in [-0.15, -0.1) is 0 Å². The first-order chi connectivity index (χ1) is 10.00. The van der Waals surface area contributed by atoms with Crippen molar-refractivity contribution in [3.05, 3.63) is 29.3 Å². The van der Waals surface area contributed by atoms with Crippen molar-refractivity contribution in [2.75, 3.05) is 26.8 Å². The third kappa shape index (κ3) is 2.93. The molecule has 0 aromatic heterocycles. The van der Waals surface area contributed by atoms with Crippen molar-refractivity contribution in [2.45, 2.75) is 44.4 Å². The number of morpholine rings is 1. The zero-order chi connectivity index (χ0) is 15.0. The average molecular weight is 291 g/mol. The second-order valence-corrected chi connectivity index (χ2v) is 6.69. The van der Waals surface area contributed by atoms with E-state index in [2.05, 4.69) is 24.8 Å². The molecular formula is C17H25NO3. The van der Waals surface area contributed by atoms with Crippen molar-refractivity contribution >= 4 is 0 Å². The van der Waals surface area contributed by atoms with Crippen LogP contribution in [0.1, 0.15) is 37.5 Å². The molecular weight excluding hydrogens is 266 g/mol. The first kappa shape index (κ1) is 14.8. The quantitative estimate of drug-likeness (QED) is 0.906. The third-order valence-electron chi connectivity index (χ3n) is 4.67. The van der Waals surface area contributed by atoms with E-state index in [-0.39, 0.29) is 11.6 Å². The standard InChI is InChI=1S/C17H25NO3/c1-17(2)11-18(8-9-21-17)15-7-4-12-10-13(20-3)5-6-14(12)16(15)19/h5-6,10,15-16,19H,4,7-9,11H2,1-3H3. The molecule has 0 bridgehead atoms. The highest BCUT2D eigenvalue weighted by atomic mass is 16.5. The SMILES string of the molecule is COc1ccc2c(c1)CCC(N1CCOC(C)(C)C1)C2O. The normalized spacial score (nSPS) is 29.0. The molecule has 0 saturated carbocycles. The van der Waals surface area contributed by atoms with E-state index in [1.165, 1.54) is 5.56 Å². The number of aliphatic hydroxyl groups excluding tert-OH is 1. The van der Waals surface area contributed by atoms with Crippen LogP contribution in [0.15, 0.2) is 18.2 Å². The summed E-state index contributed by atoms with van der Waals surface area (Å²) in [6.07, 6.45) is 1.55. The van der Waals surface area contributed by atoms with Crippen LogP contribution < -0.4 is 4.74 Å². The summed E-state index contributed by atoms with van der Waals surface area (Å²) in [5.41, 5.74) is 2.14. The van der Waals surface area contributed by atoms with Gasteiger partial charge in [0, 0.05) is 19.1 Å². The minimum Gasteiger partial charge on any atom is -0.497 e. The van der Waals surface area contributed by atoms with Gasteiger partial charge in [-0.05, 0) is 49.9 Å². The van der Waals surface area contributed by atoms with E-state index in [9.17, 15) is 5.11 Å². The van der Waals surface area contributed by atoms with Crippen LogP contribution in [0.3, 0.4) is 0 Å². The van der Waals surface area contributed by atoms with E-state index in [0.29, 0.717) is 0 Å². The topological polar surface area (TPSA) is 41.9 Å². The Balaban J connectivity index is 1.80. The van der Waals surface area contributed by atoms with E-state index in [4.69, 9.17) is 9.47 Å². The molecule has 1 aliphatic heterocycles. The Labute approximate surface area is 126 Å². The van der Waals surface area contributed by atoms with Crippen LogP contribution in [0.4, 0.5) is 0 Å². The molecule has 21 heavy (non-hydrogen) atoms. The van der Waals surface area contributed by atoms with Crippen LogP contribution in [0.5, 0.6) is 5.75 Å². The van der Waals surface area contributed by atoms with E-state index < -0.39 is 6.10 Å². The molecule has 2 atom stereocenters. The first-order valence-electron chi connectivity index (χ1n) is 7.73. The summed E-state index contributed by atoms with van der Waals surface area (Å²) in [5, 5.41) is 10.8. The average Bonchev–Trinajstić information content (AvgIpc) is 2.46. The lowest BCUT2D eigenvalue weighted by molar-refractivity contribution is -0.113. The van der Waals surface area contributed by atoms with E-state index in [1.807, 2.05) is 12.1 Å². The molecule has 0 amide bonds. The van der Waals surface area contributed by atoms with Crippen LogP contribution in [0.25, 0.3) is 0 Å². The number of ether oxygens (including phenoxy) is 2. The van der Waals surface area contributed by atoms with Crippen LogP contribution in [-0.4, -0.2) is 48.5 Å². The van der Waals surface area contributed by atoms with Gasteiger partial charge in [-0.25, -0.2) is 0 Å². The number of rotatable bonds is 2. The highest BCUT2D eigenvalue weighted by Gasteiger charge is 2.37. The summed E-state index contributed by atoms with van der Waals surface area (Å²) < 4.78 is 11.1. The highest BCUT2D eigenvalue weighted by molar-refractivity contribution is 5.39. The smallest absolute Gasteiger partial charge is 0.119 e. The number of aliphatic hydroxyl groups is 1. The maximum absolute atomic E-state index is 10.8. The fourth-order valence-corrected chi connectivity index (χ4v) is 3.60. The summed E-state index contributed by atoms with van der Waals surface area (Å²) in [5.74, 6) is 0.868. The number of nitrogens with zero attached hydrogens (tertiary/aromatic N) is 1. The van der Waals surface area contributed by atoms with Gasteiger partial charge in [0.1, 0.15) is 5.75 Å². The molecule has 116 valence electrons. The molecule has 1 fully saturated rings. The third-order valence-corrected chi connectivity index (χ3v) is 4.67. The number of hydrogen-bond acceptors (Lipinski definition) is 4. The second kappa shape index (κ2) is 5.59. The minimum absolute atomic E-state index is 0.127. The molecule has 1 aromatic rings. The van der Waals surface area contributed by atoms with Crippen LogP contribution >= 0.6 is 0 Å². The van der Waals surface area contributed by atoms with Gasteiger partial charge in [-0.3, -0.25) is 4.90 Å². The molecule has 1 saturated heterocycles. The van der Waals surface area contributed by atoms with Gasteiger partial charge >= 0.3 is 0 Å². The number of fused-ring (bicyclic) bond motifs is 1. The van der Waals surface area contributed by atoms with Gasteiger partial charge in [-0.2, -0.15) is 0 Å². The number of hydrogen-bond donors (Lipinski definition) is 1. The fourth-order valence-electron chi connectivity index (χ4n) is 3.60. The van der Waals surface area contributed by atoms with Gasteiger partial charge in [0.05, 0.1) is 25.4 Å². The van der Waals surface area contributed by atoms with Crippen molar-refractivity contribution in [2.24, 2.45) is 0 Å². The number of benzene rings is 1. The van der Waals surface area contributed by atoms with Crippen LogP contribution in [-0.2, 0) is 11.2 Å². The van der Waals surface area contributed by atoms with Gasteiger partial charge in [-0.1, -0.05) is 6.07 Å². The molecule has 1 aliphatic carbocycles. The van der Waals surface area contributed by atoms with Crippen molar-refractivity contribution in [1.29, 1.82) is 0 Å². The molecule has 4 nitrogen and oxygen atoms in total. The lowest BCUT2D eigenvalue weighted by Gasteiger charge is -2.45.